The van der Waals surface area contributed by atoms with Gasteiger partial charge < -0.3 is 0 Å². The summed E-state index contributed by atoms with van der Waals surface area (Å²) in [5.74, 6) is 0. The van der Waals surface area contributed by atoms with E-state index in [1.807, 2.05) is 42.7 Å². The molecule has 0 aliphatic heterocycles. The fourth-order valence-electron chi connectivity index (χ4n) is 2.79. The Morgan fingerprint density at radius 1 is 1.07 bits per heavy atom. The van der Waals surface area contributed by atoms with Crippen molar-refractivity contribution in [1.29, 1.82) is 5.26 Å². The average Bonchev–Trinajstić information content (AvgIpc) is 3.07. The summed E-state index contributed by atoms with van der Waals surface area (Å²) in [4.78, 5) is 8.68. The molecule has 0 atom stereocenters. The number of nitriles is 1. The number of nitrogens with zero attached hydrogens (tertiary/aromatic N) is 5. The fourth-order valence-corrected chi connectivity index (χ4v) is 3.70. The maximum Gasteiger partial charge on any atom is 0.166 e. The van der Waals surface area contributed by atoms with Crippen LogP contribution in [0.25, 0.3) is 28.0 Å². The fraction of sp³-hybridized carbons (Fsp3) is 0.0526. The van der Waals surface area contributed by atoms with Crippen molar-refractivity contribution in [1.82, 2.24) is 19.6 Å². The maximum absolute atomic E-state index is 9.00. The second-order valence-electron chi connectivity index (χ2n) is 5.63. The van der Waals surface area contributed by atoms with Gasteiger partial charge >= 0.3 is 0 Å². The molecular weight excluding hydrogens is 401 g/mol. The Labute approximate surface area is 169 Å². The summed E-state index contributed by atoms with van der Waals surface area (Å²) in [5, 5.41) is 15.7. The van der Waals surface area contributed by atoms with Gasteiger partial charge in [0.2, 0.25) is 0 Å². The van der Waals surface area contributed by atoms with Crippen LogP contribution >= 0.6 is 35.0 Å². The Kier molecular flexibility index (Phi) is 4.75. The molecule has 8 heteroatoms. The van der Waals surface area contributed by atoms with Crippen LogP contribution in [-0.2, 0) is 0 Å². The molecule has 4 aromatic rings. The molecule has 4 rings (SSSR count). The number of halogens is 2. The number of rotatable bonds is 3. The van der Waals surface area contributed by atoms with E-state index in [2.05, 4.69) is 9.97 Å². The normalized spacial score (nSPS) is 10.9. The van der Waals surface area contributed by atoms with Crippen LogP contribution < -0.4 is 0 Å². The maximum atomic E-state index is 9.00. The molecule has 5 nitrogen and oxygen atoms in total. The van der Waals surface area contributed by atoms with Crippen LogP contribution in [0.1, 0.15) is 5.69 Å². The van der Waals surface area contributed by atoms with Gasteiger partial charge in [0, 0.05) is 22.8 Å². The summed E-state index contributed by atoms with van der Waals surface area (Å²) in [6.07, 6.45) is 3.60. The minimum Gasteiger partial charge on any atom is -0.245 e. The predicted octanol–water partition coefficient (Wildman–Crippen LogP) is 5.36. The molecule has 0 amide bonds. The van der Waals surface area contributed by atoms with E-state index in [0.717, 1.165) is 21.7 Å². The van der Waals surface area contributed by atoms with E-state index in [-0.39, 0.29) is 0 Å². The van der Waals surface area contributed by atoms with E-state index in [0.29, 0.717) is 27.2 Å². The summed E-state index contributed by atoms with van der Waals surface area (Å²) in [7, 11) is 0. The Balaban J connectivity index is 2.05. The first kappa shape index (κ1) is 17.8. The van der Waals surface area contributed by atoms with Gasteiger partial charge in [0.25, 0.3) is 0 Å². The number of thioether (sulfide) groups is 1. The van der Waals surface area contributed by atoms with Crippen molar-refractivity contribution in [3.8, 4) is 28.5 Å². The highest BCUT2D eigenvalue weighted by atomic mass is 35.5. The molecule has 27 heavy (non-hydrogen) atoms. The third kappa shape index (κ3) is 3.26. The lowest BCUT2D eigenvalue weighted by atomic mass is 10.0. The average molecular weight is 412 g/mol. The number of hydrogen-bond donors (Lipinski definition) is 0. The topological polar surface area (TPSA) is 66.9 Å². The SMILES string of the molecule is CSc1cc(Cl)nc2c(-c3ccc(Cl)cc3)c(-c3ccc(C#N)nc3)nn12. The number of aromatic nitrogens is 4. The molecule has 0 N–H and O–H groups in total. The van der Waals surface area contributed by atoms with Gasteiger partial charge in [0.05, 0.1) is 5.56 Å². The van der Waals surface area contributed by atoms with Gasteiger partial charge in [-0.3, -0.25) is 0 Å². The summed E-state index contributed by atoms with van der Waals surface area (Å²) in [5.41, 5.74) is 4.23. The summed E-state index contributed by atoms with van der Waals surface area (Å²) in [6, 6.07) is 14.8. The van der Waals surface area contributed by atoms with E-state index < -0.39 is 0 Å². The van der Waals surface area contributed by atoms with Gasteiger partial charge in [-0.15, -0.1) is 11.8 Å². The van der Waals surface area contributed by atoms with E-state index in [4.69, 9.17) is 33.6 Å². The second-order valence-corrected chi connectivity index (χ2v) is 7.28. The molecular formula is C19H11Cl2N5S. The lowest BCUT2D eigenvalue weighted by Crippen LogP contribution is -1.95. The standard InChI is InChI=1S/C19H11Cl2N5S/c1-27-16-8-15(21)24-19-17(11-2-5-13(20)6-3-11)18(25-26(16)19)12-4-7-14(9-22)23-10-12/h2-8,10H,1H3. The van der Waals surface area contributed by atoms with E-state index in [1.165, 1.54) is 11.8 Å². The number of benzene rings is 1. The largest absolute Gasteiger partial charge is 0.245 e. The zero-order valence-electron chi connectivity index (χ0n) is 14.0. The van der Waals surface area contributed by atoms with Crippen LogP contribution in [0.4, 0.5) is 0 Å². The van der Waals surface area contributed by atoms with E-state index in [9.17, 15) is 0 Å². The highest BCUT2D eigenvalue weighted by Crippen LogP contribution is 2.36. The van der Waals surface area contributed by atoms with Crippen molar-refractivity contribution >= 4 is 40.6 Å². The van der Waals surface area contributed by atoms with Gasteiger partial charge in [0.1, 0.15) is 27.6 Å². The number of fused-ring (bicyclic) bond motifs is 1. The van der Waals surface area contributed by atoms with Crippen molar-refractivity contribution in [2.75, 3.05) is 6.26 Å². The molecule has 0 aliphatic carbocycles. The van der Waals surface area contributed by atoms with Crippen LogP contribution in [-0.4, -0.2) is 25.8 Å². The van der Waals surface area contributed by atoms with Crippen LogP contribution in [0, 0.1) is 11.3 Å². The molecule has 0 aliphatic rings. The Hall–Kier alpha value is -2.59. The molecule has 0 spiro atoms. The first-order valence-electron chi connectivity index (χ1n) is 7.86. The molecule has 1 aromatic carbocycles. The van der Waals surface area contributed by atoms with Crippen molar-refractivity contribution in [3.63, 3.8) is 0 Å². The van der Waals surface area contributed by atoms with Crippen molar-refractivity contribution in [3.05, 3.63) is 64.5 Å². The smallest absolute Gasteiger partial charge is 0.166 e. The summed E-state index contributed by atoms with van der Waals surface area (Å²) >= 11 is 13.8. The predicted molar refractivity (Wildman–Crippen MR) is 108 cm³/mol. The zero-order chi connectivity index (χ0) is 19.0. The molecule has 3 aromatic heterocycles. The van der Waals surface area contributed by atoms with E-state index >= 15 is 0 Å². The first-order valence-corrected chi connectivity index (χ1v) is 9.84. The third-order valence-corrected chi connectivity index (χ3v) is 5.17. The molecule has 0 radical (unpaired) electrons. The van der Waals surface area contributed by atoms with Gasteiger partial charge in [-0.2, -0.15) is 10.4 Å². The highest BCUT2D eigenvalue weighted by Gasteiger charge is 2.20. The van der Waals surface area contributed by atoms with Crippen LogP contribution in [0.2, 0.25) is 10.2 Å². The van der Waals surface area contributed by atoms with Gasteiger partial charge in [-0.1, -0.05) is 35.3 Å². The second kappa shape index (κ2) is 7.20. The Morgan fingerprint density at radius 3 is 2.44 bits per heavy atom. The molecule has 3 heterocycles. The first-order chi connectivity index (χ1) is 13.1. The third-order valence-electron chi connectivity index (χ3n) is 4.02. The monoisotopic (exact) mass is 411 g/mol. The molecule has 0 saturated carbocycles. The number of hydrogen-bond acceptors (Lipinski definition) is 5. The zero-order valence-corrected chi connectivity index (χ0v) is 16.3. The van der Waals surface area contributed by atoms with Gasteiger partial charge in [0.15, 0.2) is 5.65 Å². The number of pyridine rings is 1. The van der Waals surface area contributed by atoms with Crippen LogP contribution in [0.15, 0.2) is 53.7 Å². The molecule has 132 valence electrons. The molecule has 0 unspecified atom stereocenters. The quantitative estimate of drug-likeness (QED) is 0.335. The summed E-state index contributed by atoms with van der Waals surface area (Å²) in [6.45, 7) is 0. The van der Waals surface area contributed by atoms with Crippen molar-refractivity contribution in [2.45, 2.75) is 5.03 Å². The van der Waals surface area contributed by atoms with Crippen molar-refractivity contribution < 1.29 is 0 Å². The van der Waals surface area contributed by atoms with Crippen LogP contribution in [0.3, 0.4) is 0 Å². The minimum atomic E-state index is 0.349. The Bertz CT molecular complexity index is 1180. The lowest BCUT2D eigenvalue weighted by Gasteiger charge is -2.05. The lowest BCUT2D eigenvalue weighted by molar-refractivity contribution is 0.847. The van der Waals surface area contributed by atoms with E-state index in [1.54, 1.807) is 22.8 Å². The molecule has 0 fully saturated rings. The van der Waals surface area contributed by atoms with Gasteiger partial charge in [-0.25, -0.2) is 14.5 Å². The summed E-state index contributed by atoms with van der Waals surface area (Å²) < 4.78 is 1.77. The highest BCUT2D eigenvalue weighted by molar-refractivity contribution is 7.98. The molecule has 0 bridgehead atoms. The van der Waals surface area contributed by atoms with Crippen LogP contribution in [0.5, 0.6) is 0 Å². The molecule has 0 saturated heterocycles. The Morgan fingerprint density at radius 2 is 1.81 bits per heavy atom. The van der Waals surface area contributed by atoms with Gasteiger partial charge in [-0.05, 0) is 36.1 Å². The van der Waals surface area contributed by atoms with Crippen molar-refractivity contribution in [2.24, 2.45) is 0 Å². The minimum absolute atomic E-state index is 0.349.